The van der Waals surface area contributed by atoms with Crippen molar-refractivity contribution in [2.24, 2.45) is 0 Å². The first-order valence-electron chi connectivity index (χ1n) is 5.58. The molecule has 0 radical (unpaired) electrons. The first-order chi connectivity index (χ1) is 9.30. The van der Waals surface area contributed by atoms with Crippen molar-refractivity contribution in [3.63, 3.8) is 0 Å². The van der Waals surface area contributed by atoms with Gasteiger partial charge in [0.15, 0.2) is 11.6 Å². The molecule has 0 spiro atoms. The molecule has 1 aromatic rings. The number of nitrogens with two attached hydrogens (primary N) is 1. The maximum atomic E-state index is 14.8. The minimum atomic E-state index is -2.88. The number of anilines is 1. The van der Waals surface area contributed by atoms with E-state index in [4.69, 9.17) is 20.7 Å². The van der Waals surface area contributed by atoms with E-state index in [1.165, 1.54) is 0 Å². The third-order valence-electron chi connectivity index (χ3n) is 3.32. The monoisotopic (exact) mass is 293 g/mol. The van der Waals surface area contributed by atoms with Gasteiger partial charge in [0.25, 0.3) is 0 Å². The van der Waals surface area contributed by atoms with E-state index in [0.717, 1.165) is 0 Å². The fourth-order valence-electron chi connectivity index (χ4n) is 2.03. The number of aliphatic hydroxyl groups excluding tert-OH is 3. The summed E-state index contributed by atoms with van der Waals surface area (Å²) in [5, 5.41) is 28.2. The number of ether oxygens (including phenoxy) is 1. The van der Waals surface area contributed by atoms with E-state index in [9.17, 15) is 18.7 Å². The SMILES string of the molecule is Nc1nc(=O)n([C@]2(F)COC(CO)(CO)[C@H]2O)cc1F. The summed E-state index contributed by atoms with van der Waals surface area (Å²) in [7, 11) is 0. The lowest BCUT2D eigenvalue weighted by atomic mass is 9.94. The average molecular weight is 293 g/mol. The molecule has 2 rings (SSSR count). The van der Waals surface area contributed by atoms with Crippen LogP contribution in [-0.4, -0.2) is 56.4 Å². The van der Waals surface area contributed by atoms with Crippen LogP contribution < -0.4 is 11.4 Å². The molecule has 1 fully saturated rings. The molecule has 1 saturated heterocycles. The molecule has 0 bridgehead atoms. The smallest absolute Gasteiger partial charge is 0.352 e. The highest BCUT2D eigenvalue weighted by Crippen LogP contribution is 2.39. The normalized spacial score (nSPS) is 28.8. The summed E-state index contributed by atoms with van der Waals surface area (Å²) in [6.45, 7) is -2.66. The molecule has 8 nitrogen and oxygen atoms in total. The molecule has 0 amide bonds. The molecule has 0 aromatic carbocycles. The minimum Gasteiger partial charge on any atom is -0.393 e. The third kappa shape index (κ3) is 1.88. The third-order valence-corrected chi connectivity index (χ3v) is 3.32. The van der Waals surface area contributed by atoms with Gasteiger partial charge in [-0.25, -0.2) is 13.6 Å². The van der Waals surface area contributed by atoms with Gasteiger partial charge < -0.3 is 25.8 Å². The highest BCUT2D eigenvalue weighted by Gasteiger charge is 2.60. The zero-order valence-electron chi connectivity index (χ0n) is 10.2. The van der Waals surface area contributed by atoms with Crippen LogP contribution in [0.3, 0.4) is 0 Å². The Bertz CT molecular complexity index is 577. The summed E-state index contributed by atoms with van der Waals surface area (Å²) >= 11 is 0. The number of nitrogens with zero attached hydrogens (tertiary/aromatic N) is 2. The quantitative estimate of drug-likeness (QED) is 0.493. The van der Waals surface area contributed by atoms with E-state index in [0.29, 0.717) is 6.20 Å². The van der Waals surface area contributed by atoms with Crippen LogP contribution in [0.2, 0.25) is 0 Å². The molecule has 1 aromatic heterocycles. The molecular formula is C10H13F2N3O5. The van der Waals surface area contributed by atoms with Crippen LogP contribution in [0.1, 0.15) is 0 Å². The second kappa shape index (κ2) is 4.74. The Morgan fingerprint density at radius 2 is 2.15 bits per heavy atom. The van der Waals surface area contributed by atoms with Gasteiger partial charge in [-0.2, -0.15) is 4.98 Å². The van der Waals surface area contributed by atoms with Crippen molar-refractivity contribution >= 4 is 5.82 Å². The van der Waals surface area contributed by atoms with Gasteiger partial charge in [0.05, 0.1) is 19.4 Å². The number of aliphatic hydroxyl groups is 3. The maximum Gasteiger partial charge on any atom is 0.352 e. The van der Waals surface area contributed by atoms with Gasteiger partial charge in [0, 0.05) is 0 Å². The van der Waals surface area contributed by atoms with Crippen molar-refractivity contribution in [3.8, 4) is 0 Å². The molecule has 20 heavy (non-hydrogen) atoms. The van der Waals surface area contributed by atoms with E-state index >= 15 is 0 Å². The highest BCUT2D eigenvalue weighted by molar-refractivity contribution is 5.27. The Kier molecular flexibility index (Phi) is 3.50. The Morgan fingerprint density at radius 1 is 1.55 bits per heavy atom. The molecule has 5 N–H and O–H groups in total. The summed E-state index contributed by atoms with van der Waals surface area (Å²) in [6, 6.07) is 0. The summed E-state index contributed by atoms with van der Waals surface area (Å²) in [4.78, 5) is 14.7. The molecule has 1 aliphatic rings. The lowest BCUT2D eigenvalue weighted by molar-refractivity contribution is -0.130. The van der Waals surface area contributed by atoms with Crippen LogP contribution in [0.4, 0.5) is 14.6 Å². The minimum absolute atomic E-state index is 0.191. The first-order valence-corrected chi connectivity index (χ1v) is 5.58. The maximum absolute atomic E-state index is 14.8. The zero-order valence-corrected chi connectivity index (χ0v) is 10.2. The first kappa shape index (κ1) is 14.8. The van der Waals surface area contributed by atoms with E-state index < -0.39 is 54.6 Å². The van der Waals surface area contributed by atoms with Gasteiger partial charge in [0.2, 0.25) is 5.79 Å². The molecule has 2 atom stereocenters. The van der Waals surface area contributed by atoms with E-state index in [1.807, 2.05) is 0 Å². The van der Waals surface area contributed by atoms with Gasteiger partial charge in [0.1, 0.15) is 18.3 Å². The zero-order chi connectivity index (χ0) is 15.1. The number of halogens is 2. The standard InChI is InChI=1S/C10H13F2N3O5/c11-5-1-15(8(19)14-6(5)13)10(12)4-20-9(2-16,3-17)7(10)18/h1,7,16-18H,2-4H2,(H2,13,14,19)/t7-,10-/m1/s1. The molecule has 0 aliphatic carbocycles. The molecule has 10 heteroatoms. The summed E-state index contributed by atoms with van der Waals surface area (Å²) in [6.07, 6.45) is -1.66. The highest BCUT2D eigenvalue weighted by atomic mass is 19.1. The number of rotatable bonds is 3. The molecular weight excluding hydrogens is 280 g/mol. The Hall–Kier alpha value is -1.62. The predicted octanol–water partition coefficient (Wildman–Crippen LogP) is -2.30. The van der Waals surface area contributed by atoms with Crippen LogP contribution in [0.25, 0.3) is 0 Å². The Labute approximate surface area is 111 Å². The average Bonchev–Trinajstić information content (AvgIpc) is 2.68. The lowest BCUT2D eigenvalue weighted by Crippen LogP contribution is -2.55. The van der Waals surface area contributed by atoms with E-state index in [2.05, 4.69) is 4.98 Å². The van der Waals surface area contributed by atoms with Gasteiger partial charge in [-0.3, -0.25) is 4.57 Å². The van der Waals surface area contributed by atoms with E-state index in [-0.39, 0.29) is 4.57 Å². The van der Waals surface area contributed by atoms with Crippen molar-refractivity contribution in [1.29, 1.82) is 0 Å². The number of hydrogen-bond donors (Lipinski definition) is 4. The fourth-order valence-corrected chi connectivity index (χ4v) is 2.03. The van der Waals surface area contributed by atoms with Crippen LogP contribution >= 0.6 is 0 Å². The summed E-state index contributed by atoms with van der Waals surface area (Å²) in [5.41, 5.74) is 1.85. The number of aromatic nitrogens is 2. The Balaban J connectivity index is 2.53. The molecule has 1 aliphatic heterocycles. The van der Waals surface area contributed by atoms with Crippen LogP contribution in [0.5, 0.6) is 0 Å². The molecule has 112 valence electrons. The van der Waals surface area contributed by atoms with Crippen molar-refractivity contribution in [3.05, 3.63) is 22.5 Å². The van der Waals surface area contributed by atoms with Gasteiger partial charge in [-0.1, -0.05) is 0 Å². The van der Waals surface area contributed by atoms with Crippen LogP contribution in [0, 0.1) is 5.82 Å². The van der Waals surface area contributed by atoms with Gasteiger partial charge in [-0.15, -0.1) is 0 Å². The Morgan fingerprint density at radius 3 is 2.65 bits per heavy atom. The number of nitrogen functional groups attached to an aromatic ring is 1. The second-order valence-corrected chi connectivity index (χ2v) is 4.52. The number of alkyl halides is 1. The lowest BCUT2D eigenvalue weighted by Gasteiger charge is -2.31. The van der Waals surface area contributed by atoms with Crippen molar-refractivity contribution in [2.45, 2.75) is 17.5 Å². The van der Waals surface area contributed by atoms with E-state index in [1.54, 1.807) is 0 Å². The van der Waals surface area contributed by atoms with Crippen molar-refractivity contribution in [2.75, 3.05) is 25.6 Å². The summed E-state index contributed by atoms with van der Waals surface area (Å²) < 4.78 is 33.2. The molecule has 0 saturated carbocycles. The van der Waals surface area contributed by atoms with Gasteiger partial charge in [-0.05, 0) is 0 Å². The largest absolute Gasteiger partial charge is 0.393 e. The summed E-state index contributed by atoms with van der Waals surface area (Å²) in [5.74, 6) is -4.75. The molecule has 2 heterocycles. The van der Waals surface area contributed by atoms with Crippen molar-refractivity contribution in [1.82, 2.24) is 9.55 Å². The van der Waals surface area contributed by atoms with Crippen molar-refractivity contribution < 1.29 is 28.8 Å². The topological polar surface area (TPSA) is 131 Å². The van der Waals surface area contributed by atoms with Crippen LogP contribution in [-0.2, 0) is 10.5 Å². The predicted molar refractivity (Wildman–Crippen MR) is 60.8 cm³/mol. The fraction of sp³-hybridized carbons (Fsp3) is 0.600. The number of hydrogen-bond acceptors (Lipinski definition) is 7. The second-order valence-electron chi connectivity index (χ2n) is 4.52. The van der Waals surface area contributed by atoms with Crippen LogP contribution in [0.15, 0.2) is 11.0 Å². The van der Waals surface area contributed by atoms with Gasteiger partial charge >= 0.3 is 5.69 Å². The molecule has 0 unspecified atom stereocenters.